The fourth-order valence-corrected chi connectivity index (χ4v) is 2.24. The molecule has 0 fully saturated rings. The number of aryl methyl sites for hydroxylation is 1. The monoisotopic (exact) mass is 266 g/mol. The van der Waals surface area contributed by atoms with Gasteiger partial charge in [-0.25, -0.2) is 0 Å². The molecule has 96 valence electrons. The van der Waals surface area contributed by atoms with E-state index in [1.165, 1.54) is 0 Å². The van der Waals surface area contributed by atoms with Crippen LogP contribution >= 0.6 is 0 Å². The van der Waals surface area contributed by atoms with Crippen molar-refractivity contribution in [1.82, 2.24) is 0 Å². The zero-order valence-corrected chi connectivity index (χ0v) is 10.8. The van der Waals surface area contributed by atoms with Crippen LogP contribution in [0.3, 0.4) is 0 Å². The van der Waals surface area contributed by atoms with E-state index in [4.69, 9.17) is 8.37 Å². The molecule has 0 atom stereocenters. The van der Waals surface area contributed by atoms with E-state index in [9.17, 15) is 8.42 Å². The Hall–Kier alpha value is -1.75. The van der Waals surface area contributed by atoms with E-state index in [-0.39, 0.29) is 5.75 Å². The quantitative estimate of drug-likeness (QED) is 0.841. The van der Waals surface area contributed by atoms with Crippen LogP contribution in [0.15, 0.2) is 48.3 Å². The maximum Gasteiger partial charge on any atom is 0.500 e. The lowest BCUT2D eigenvalue weighted by atomic mass is 10.2. The summed E-state index contributed by atoms with van der Waals surface area (Å²) in [6, 6.07) is 6.71. The smallest absolute Gasteiger partial charge is 0.353 e. The van der Waals surface area contributed by atoms with Gasteiger partial charge in [0, 0.05) is 0 Å². The van der Waals surface area contributed by atoms with Gasteiger partial charge >= 0.3 is 10.4 Å². The Kier molecular flexibility index (Phi) is 3.72. The van der Waals surface area contributed by atoms with Crippen LogP contribution in [0.2, 0.25) is 0 Å². The van der Waals surface area contributed by atoms with Crippen molar-refractivity contribution >= 4 is 10.4 Å². The summed E-state index contributed by atoms with van der Waals surface area (Å²) < 4.78 is 32.9. The zero-order valence-electron chi connectivity index (χ0n) is 10.00. The van der Waals surface area contributed by atoms with Crippen molar-refractivity contribution in [1.29, 1.82) is 0 Å². The minimum absolute atomic E-state index is 0.237. The summed E-state index contributed by atoms with van der Waals surface area (Å²) in [5.41, 5.74) is 1.03. The molecule has 1 aromatic rings. The molecular formula is C13H14O4S. The second-order valence-corrected chi connectivity index (χ2v) is 5.12. The third kappa shape index (κ3) is 3.63. The van der Waals surface area contributed by atoms with Crippen molar-refractivity contribution < 1.29 is 16.8 Å². The molecule has 0 unspecified atom stereocenters. The SMILES string of the molecule is Cc1ccc(OS(=O)(=O)OC2=CCCC=C2)cc1. The van der Waals surface area contributed by atoms with Gasteiger partial charge in [-0.15, -0.1) is 8.42 Å². The molecule has 0 saturated carbocycles. The number of benzene rings is 1. The first kappa shape index (κ1) is 12.7. The van der Waals surface area contributed by atoms with Crippen molar-refractivity contribution in [2.45, 2.75) is 19.8 Å². The van der Waals surface area contributed by atoms with Gasteiger partial charge in [0.15, 0.2) is 0 Å². The van der Waals surface area contributed by atoms with E-state index >= 15 is 0 Å². The predicted molar refractivity (Wildman–Crippen MR) is 68.3 cm³/mol. The zero-order chi connectivity index (χ0) is 13.0. The highest BCUT2D eigenvalue weighted by Gasteiger charge is 2.16. The van der Waals surface area contributed by atoms with Gasteiger partial charge in [0.05, 0.1) is 0 Å². The van der Waals surface area contributed by atoms with Crippen molar-refractivity contribution in [2.75, 3.05) is 0 Å². The van der Waals surface area contributed by atoms with Crippen LogP contribution in [0.1, 0.15) is 18.4 Å². The molecule has 1 aliphatic carbocycles. The maximum atomic E-state index is 11.6. The van der Waals surface area contributed by atoms with Crippen LogP contribution in [0, 0.1) is 6.92 Å². The van der Waals surface area contributed by atoms with E-state index < -0.39 is 10.4 Å². The van der Waals surface area contributed by atoms with Crippen LogP contribution in [-0.2, 0) is 14.6 Å². The third-order valence-electron chi connectivity index (χ3n) is 2.38. The topological polar surface area (TPSA) is 52.6 Å². The average molecular weight is 266 g/mol. The molecule has 0 amide bonds. The molecule has 4 nitrogen and oxygen atoms in total. The molecule has 0 saturated heterocycles. The predicted octanol–water partition coefficient (Wildman–Crippen LogP) is 2.87. The van der Waals surface area contributed by atoms with Crippen LogP contribution in [0.5, 0.6) is 5.75 Å². The fraction of sp³-hybridized carbons (Fsp3) is 0.231. The first-order valence-electron chi connectivity index (χ1n) is 5.62. The maximum absolute atomic E-state index is 11.6. The molecular weight excluding hydrogens is 252 g/mol. The second-order valence-electron chi connectivity index (χ2n) is 3.97. The van der Waals surface area contributed by atoms with Crippen LogP contribution in [0.4, 0.5) is 0 Å². The first-order valence-corrected chi connectivity index (χ1v) is 6.96. The largest absolute Gasteiger partial charge is 0.500 e. The fourth-order valence-electron chi connectivity index (χ4n) is 1.50. The minimum Gasteiger partial charge on any atom is -0.353 e. The molecule has 5 heteroatoms. The van der Waals surface area contributed by atoms with Crippen LogP contribution < -0.4 is 4.18 Å². The summed E-state index contributed by atoms with van der Waals surface area (Å²) in [7, 11) is -4.07. The number of rotatable bonds is 4. The highest BCUT2D eigenvalue weighted by atomic mass is 32.3. The van der Waals surface area contributed by atoms with Gasteiger partial charge in [-0.1, -0.05) is 23.8 Å². The van der Waals surface area contributed by atoms with Gasteiger partial charge in [0.1, 0.15) is 11.5 Å². The number of hydrogen-bond acceptors (Lipinski definition) is 4. The van der Waals surface area contributed by atoms with Crippen LogP contribution in [-0.4, -0.2) is 8.42 Å². The van der Waals surface area contributed by atoms with Crippen molar-refractivity contribution in [3.8, 4) is 5.75 Å². The van der Waals surface area contributed by atoms with E-state index in [0.29, 0.717) is 5.76 Å². The summed E-state index contributed by atoms with van der Waals surface area (Å²) in [4.78, 5) is 0. The third-order valence-corrected chi connectivity index (χ3v) is 3.17. The Morgan fingerprint density at radius 2 is 1.78 bits per heavy atom. The van der Waals surface area contributed by atoms with Crippen molar-refractivity contribution in [3.63, 3.8) is 0 Å². The highest BCUT2D eigenvalue weighted by Crippen LogP contribution is 2.18. The molecule has 0 radical (unpaired) electrons. The van der Waals surface area contributed by atoms with Crippen molar-refractivity contribution in [3.05, 3.63) is 53.8 Å². The summed E-state index contributed by atoms with van der Waals surface area (Å²) in [5, 5.41) is 0. The van der Waals surface area contributed by atoms with E-state index in [0.717, 1.165) is 18.4 Å². The second kappa shape index (κ2) is 5.27. The standard InChI is InChI=1S/C13H14O4S/c1-11-7-9-13(10-8-11)17-18(14,15)16-12-5-3-2-4-6-12/h3,5-10H,2,4H2,1H3. The van der Waals surface area contributed by atoms with Gasteiger partial charge < -0.3 is 8.37 Å². The van der Waals surface area contributed by atoms with Gasteiger partial charge in [-0.3, -0.25) is 0 Å². The normalized spacial score (nSPS) is 15.1. The van der Waals surface area contributed by atoms with E-state index in [2.05, 4.69) is 0 Å². The van der Waals surface area contributed by atoms with Crippen LogP contribution in [0.25, 0.3) is 0 Å². The Morgan fingerprint density at radius 1 is 1.06 bits per heavy atom. The summed E-state index contributed by atoms with van der Waals surface area (Å²) >= 11 is 0. The van der Waals surface area contributed by atoms with E-state index in [1.54, 1.807) is 36.4 Å². The first-order chi connectivity index (χ1) is 8.55. The lowest BCUT2D eigenvalue weighted by Crippen LogP contribution is -2.13. The van der Waals surface area contributed by atoms with Gasteiger partial charge in [0.25, 0.3) is 0 Å². The molecule has 18 heavy (non-hydrogen) atoms. The molecule has 0 bridgehead atoms. The van der Waals surface area contributed by atoms with Gasteiger partial charge in [-0.2, -0.15) is 0 Å². The molecule has 1 aliphatic rings. The molecule has 1 aromatic carbocycles. The average Bonchev–Trinajstić information content (AvgIpc) is 2.32. The van der Waals surface area contributed by atoms with Gasteiger partial charge in [0.2, 0.25) is 0 Å². The van der Waals surface area contributed by atoms with Gasteiger partial charge in [-0.05, 0) is 44.1 Å². The number of hydrogen-bond donors (Lipinski definition) is 0. The highest BCUT2D eigenvalue weighted by molar-refractivity contribution is 7.82. The van der Waals surface area contributed by atoms with Crippen molar-refractivity contribution in [2.24, 2.45) is 0 Å². The molecule has 0 spiro atoms. The Labute approximate surface area is 107 Å². The summed E-state index contributed by atoms with van der Waals surface area (Å²) in [5.74, 6) is 0.536. The lowest BCUT2D eigenvalue weighted by molar-refractivity contribution is 0.344. The van der Waals surface area contributed by atoms with E-state index in [1.807, 2.05) is 13.0 Å². The summed E-state index contributed by atoms with van der Waals surface area (Å²) in [6.07, 6.45) is 6.87. The molecule has 0 aliphatic heterocycles. The molecule has 0 heterocycles. The lowest BCUT2D eigenvalue weighted by Gasteiger charge is -2.10. The number of allylic oxidation sites excluding steroid dienone is 3. The summed E-state index contributed by atoms with van der Waals surface area (Å²) in [6.45, 7) is 1.91. The Balaban J connectivity index is 2.05. The molecule has 2 rings (SSSR count). The Bertz CT molecular complexity index is 568. The molecule has 0 N–H and O–H groups in total. The molecule has 0 aromatic heterocycles. The minimum atomic E-state index is -4.07. The Morgan fingerprint density at radius 3 is 2.39 bits per heavy atom.